The zero-order valence-corrected chi connectivity index (χ0v) is 11.8. The van der Waals surface area contributed by atoms with Crippen molar-refractivity contribution in [3.63, 3.8) is 0 Å². The van der Waals surface area contributed by atoms with Gasteiger partial charge in [0.05, 0.1) is 6.04 Å². The third kappa shape index (κ3) is 2.68. The third-order valence-electron chi connectivity index (χ3n) is 5.43. The summed E-state index contributed by atoms with van der Waals surface area (Å²) in [4.78, 5) is 22.8. The van der Waals surface area contributed by atoms with Crippen LogP contribution in [0.25, 0.3) is 0 Å². The SMILES string of the molecule is NC(CCC(=O)O)C(=O)NC12CC3CC(CC(C3)C1)C2. The van der Waals surface area contributed by atoms with Gasteiger partial charge in [-0.1, -0.05) is 0 Å². The van der Waals surface area contributed by atoms with Crippen LogP contribution in [0.1, 0.15) is 51.4 Å². The summed E-state index contributed by atoms with van der Waals surface area (Å²) in [7, 11) is 0. The van der Waals surface area contributed by atoms with Gasteiger partial charge < -0.3 is 16.2 Å². The number of carboxylic acid groups (broad SMARTS) is 1. The Morgan fingerprint density at radius 2 is 1.65 bits per heavy atom. The van der Waals surface area contributed by atoms with Gasteiger partial charge in [-0.3, -0.25) is 9.59 Å². The van der Waals surface area contributed by atoms with Crippen molar-refractivity contribution >= 4 is 11.9 Å². The molecular weight excluding hydrogens is 256 g/mol. The molecule has 0 radical (unpaired) electrons. The molecular formula is C15H24N2O3. The molecule has 4 fully saturated rings. The number of hydrogen-bond donors (Lipinski definition) is 3. The Morgan fingerprint density at radius 3 is 2.10 bits per heavy atom. The number of nitrogens with two attached hydrogens (primary N) is 1. The summed E-state index contributed by atoms with van der Waals surface area (Å²) in [6.07, 6.45) is 7.45. The van der Waals surface area contributed by atoms with E-state index in [0.29, 0.717) is 0 Å². The molecule has 4 saturated carbocycles. The highest BCUT2D eigenvalue weighted by Crippen LogP contribution is 2.55. The topological polar surface area (TPSA) is 92.4 Å². The molecule has 4 aliphatic carbocycles. The second kappa shape index (κ2) is 5.02. The normalized spacial score (nSPS) is 39.5. The van der Waals surface area contributed by atoms with Crippen molar-refractivity contribution in [1.82, 2.24) is 5.32 Å². The number of carboxylic acids is 1. The molecule has 1 unspecified atom stereocenters. The zero-order valence-electron chi connectivity index (χ0n) is 11.8. The molecule has 0 spiro atoms. The van der Waals surface area contributed by atoms with Crippen molar-refractivity contribution < 1.29 is 14.7 Å². The van der Waals surface area contributed by atoms with Crippen LogP contribution in [0.2, 0.25) is 0 Å². The van der Waals surface area contributed by atoms with Gasteiger partial charge in [0, 0.05) is 12.0 Å². The monoisotopic (exact) mass is 280 g/mol. The van der Waals surface area contributed by atoms with E-state index in [1.807, 2.05) is 0 Å². The first-order valence-corrected chi connectivity index (χ1v) is 7.75. The van der Waals surface area contributed by atoms with E-state index in [1.54, 1.807) is 0 Å². The fourth-order valence-electron chi connectivity index (χ4n) is 5.03. The Balaban J connectivity index is 1.59. The predicted octanol–water partition coefficient (Wildman–Crippen LogP) is 1.26. The molecule has 0 aromatic carbocycles. The van der Waals surface area contributed by atoms with Gasteiger partial charge in [0.25, 0.3) is 0 Å². The molecule has 1 atom stereocenters. The lowest BCUT2D eigenvalue weighted by Gasteiger charge is -2.57. The first kappa shape index (κ1) is 13.9. The molecule has 1 amide bonds. The summed E-state index contributed by atoms with van der Waals surface area (Å²) >= 11 is 0. The van der Waals surface area contributed by atoms with Crippen molar-refractivity contribution in [1.29, 1.82) is 0 Å². The van der Waals surface area contributed by atoms with Gasteiger partial charge in [-0.05, 0) is 62.7 Å². The number of rotatable bonds is 5. The number of amides is 1. The molecule has 0 heterocycles. The largest absolute Gasteiger partial charge is 0.481 e. The Morgan fingerprint density at radius 1 is 1.15 bits per heavy atom. The lowest BCUT2D eigenvalue weighted by Crippen LogP contribution is -2.62. The maximum atomic E-state index is 12.2. The first-order chi connectivity index (χ1) is 9.46. The molecule has 0 aromatic heterocycles. The van der Waals surface area contributed by atoms with Crippen LogP contribution in [0.5, 0.6) is 0 Å². The van der Waals surface area contributed by atoms with E-state index in [9.17, 15) is 9.59 Å². The van der Waals surface area contributed by atoms with Gasteiger partial charge >= 0.3 is 5.97 Å². The van der Waals surface area contributed by atoms with Crippen molar-refractivity contribution in [2.75, 3.05) is 0 Å². The van der Waals surface area contributed by atoms with Crippen molar-refractivity contribution in [2.45, 2.75) is 62.9 Å². The summed E-state index contributed by atoms with van der Waals surface area (Å²) < 4.78 is 0. The number of carbonyl (C=O) groups excluding carboxylic acids is 1. The average molecular weight is 280 g/mol. The number of aliphatic carboxylic acids is 1. The summed E-state index contributed by atoms with van der Waals surface area (Å²) in [5, 5.41) is 11.9. The third-order valence-corrected chi connectivity index (χ3v) is 5.43. The molecule has 0 aliphatic heterocycles. The lowest BCUT2D eigenvalue weighted by molar-refractivity contribution is -0.137. The highest BCUT2D eigenvalue weighted by molar-refractivity contribution is 5.83. The average Bonchev–Trinajstić information content (AvgIpc) is 2.33. The van der Waals surface area contributed by atoms with Crippen LogP contribution in [-0.2, 0) is 9.59 Å². The van der Waals surface area contributed by atoms with Crippen molar-refractivity contribution in [3.8, 4) is 0 Å². The van der Waals surface area contributed by atoms with E-state index in [-0.39, 0.29) is 24.3 Å². The molecule has 4 N–H and O–H groups in total. The summed E-state index contributed by atoms with van der Waals surface area (Å²) in [6.45, 7) is 0. The standard InChI is InChI=1S/C15H24N2O3/c16-12(1-2-13(18)19)14(20)17-15-6-9-3-10(7-15)5-11(4-9)8-15/h9-12H,1-8,16H2,(H,17,20)(H,18,19). The summed E-state index contributed by atoms with van der Waals surface area (Å²) in [6, 6.07) is -0.695. The minimum atomic E-state index is -0.900. The van der Waals surface area contributed by atoms with E-state index in [2.05, 4.69) is 5.32 Å². The molecule has 112 valence electrons. The van der Waals surface area contributed by atoms with E-state index in [4.69, 9.17) is 10.8 Å². The zero-order chi connectivity index (χ0) is 14.3. The molecule has 4 aliphatic rings. The van der Waals surface area contributed by atoms with Crippen LogP contribution in [0.4, 0.5) is 0 Å². The second-order valence-corrected chi connectivity index (χ2v) is 7.23. The Bertz CT molecular complexity index is 386. The number of nitrogens with one attached hydrogen (secondary N) is 1. The first-order valence-electron chi connectivity index (χ1n) is 7.75. The quantitative estimate of drug-likeness (QED) is 0.707. The summed E-state index contributed by atoms with van der Waals surface area (Å²) in [5.41, 5.74) is 5.78. The van der Waals surface area contributed by atoms with Crippen molar-refractivity contribution in [3.05, 3.63) is 0 Å². The van der Waals surface area contributed by atoms with E-state index >= 15 is 0 Å². The number of carbonyl (C=O) groups is 2. The van der Waals surface area contributed by atoms with Gasteiger partial charge in [0.1, 0.15) is 0 Å². The van der Waals surface area contributed by atoms with Gasteiger partial charge in [-0.15, -0.1) is 0 Å². The smallest absolute Gasteiger partial charge is 0.303 e. The molecule has 5 heteroatoms. The molecule has 5 nitrogen and oxygen atoms in total. The Kier molecular flexibility index (Phi) is 3.48. The molecule has 20 heavy (non-hydrogen) atoms. The minimum absolute atomic E-state index is 0.0350. The molecule has 4 rings (SSSR count). The van der Waals surface area contributed by atoms with Crippen LogP contribution >= 0.6 is 0 Å². The maximum absolute atomic E-state index is 12.2. The molecule has 0 aromatic rings. The van der Waals surface area contributed by atoms with Crippen LogP contribution in [0.15, 0.2) is 0 Å². The number of hydrogen-bond acceptors (Lipinski definition) is 3. The Labute approximate surface area is 119 Å². The molecule has 0 saturated heterocycles. The van der Waals surface area contributed by atoms with Gasteiger partial charge in [-0.2, -0.15) is 0 Å². The van der Waals surface area contributed by atoms with Gasteiger partial charge in [0.2, 0.25) is 5.91 Å². The van der Waals surface area contributed by atoms with E-state index in [0.717, 1.165) is 37.0 Å². The van der Waals surface area contributed by atoms with Gasteiger partial charge in [0.15, 0.2) is 0 Å². The van der Waals surface area contributed by atoms with Crippen LogP contribution in [0, 0.1) is 17.8 Å². The fourth-order valence-corrected chi connectivity index (χ4v) is 5.03. The predicted molar refractivity (Wildman–Crippen MR) is 73.9 cm³/mol. The van der Waals surface area contributed by atoms with Crippen molar-refractivity contribution in [2.24, 2.45) is 23.5 Å². The van der Waals surface area contributed by atoms with E-state index < -0.39 is 12.0 Å². The van der Waals surface area contributed by atoms with Gasteiger partial charge in [-0.25, -0.2) is 0 Å². The minimum Gasteiger partial charge on any atom is -0.481 e. The lowest BCUT2D eigenvalue weighted by atomic mass is 9.53. The maximum Gasteiger partial charge on any atom is 0.303 e. The van der Waals surface area contributed by atoms with Crippen LogP contribution in [-0.4, -0.2) is 28.6 Å². The Hall–Kier alpha value is -1.10. The highest BCUT2D eigenvalue weighted by Gasteiger charge is 2.51. The second-order valence-electron chi connectivity index (χ2n) is 7.23. The van der Waals surface area contributed by atoms with E-state index in [1.165, 1.54) is 19.3 Å². The van der Waals surface area contributed by atoms with Crippen LogP contribution in [0.3, 0.4) is 0 Å². The fraction of sp³-hybridized carbons (Fsp3) is 0.867. The summed E-state index contributed by atoms with van der Waals surface area (Å²) in [5.74, 6) is 1.27. The molecule has 4 bridgehead atoms. The highest BCUT2D eigenvalue weighted by atomic mass is 16.4. The van der Waals surface area contributed by atoms with Crippen LogP contribution < -0.4 is 11.1 Å².